The van der Waals surface area contributed by atoms with Crippen molar-refractivity contribution in [1.82, 2.24) is 10.7 Å². The molecule has 2 rings (SSSR count). The summed E-state index contributed by atoms with van der Waals surface area (Å²) in [5.74, 6) is 0.118. The monoisotopic (exact) mass is 381 g/mol. The first-order chi connectivity index (χ1) is 13.5. The predicted molar refractivity (Wildman–Crippen MR) is 109 cm³/mol. The summed E-state index contributed by atoms with van der Waals surface area (Å²) >= 11 is 0. The van der Waals surface area contributed by atoms with E-state index in [0.29, 0.717) is 17.1 Å². The van der Waals surface area contributed by atoms with E-state index in [-0.39, 0.29) is 6.54 Å². The number of carbonyl (C=O) groups is 2. The lowest BCUT2D eigenvalue weighted by atomic mass is 10.1. The SMILES string of the molecule is COc1ccc(C(=O)NCC(=O)N/N=C\C(C)=C\c2ccccc2)cc1OC. The number of carbonyl (C=O) groups excluding carboxylic acids is 2. The molecule has 0 saturated heterocycles. The van der Waals surface area contributed by atoms with Crippen LogP contribution in [0.15, 0.2) is 59.2 Å². The zero-order chi connectivity index (χ0) is 20.4. The number of hydrogen-bond donors (Lipinski definition) is 2. The van der Waals surface area contributed by atoms with Gasteiger partial charge in [-0.25, -0.2) is 5.43 Å². The second-order valence-corrected chi connectivity index (χ2v) is 5.84. The highest BCUT2D eigenvalue weighted by atomic mass is 16.5. The van der Waals surface area contributed by atoms with Gasteiger partial charge in [0.2, 0.25) is 0 Å². The molecule has 0 bridgehead atoms. The lowest BCUT2D eigenvalue weighted by molar-refractivity contribution is -0.120. The molecule has 0 heterocycles. The zero-order valence-electron chi connectivity index (χ0n) is 16.1. The average molecular weight is 381 g/mol. The molecule has 0 atom stereocenters. The number of allylic oxidation sites excluding steroid dienone is 1. The minimum absolute atomic E-state index is 0.202. The third kappa shape index (κ3) is 6.28. The molecule has 0 aromatic heterocycles. The number of nitrogens with one attached hydrogen (secondary N) is 2. The summed E-state index contributed by atoms with van der Waals surface area (Å²) in [5.41, 5.74) is 4.65. The van der Waals surface area contributed by atoms with Crippen LogP contribution >= 0.6 is 0 Å². The van der Waals surface area contributed by atoms with Crippen molar-refractivity contribution >= 4 is 24.1 Å². The van der Waals surface area contributed by atoms with Gasteiger partial charge in [-0.1, -0.05) is 36.4 Å². The number of hydrogen-bond acceptors (Lipinski definition) is 5. The van der Waals surface area contributed by atoms with Gasteiger partial charge in [-0.2, -0.15) is 5.10 Å². The Bertz CT molecular complexity index is 876. The fraction of sp³-hybridized carbons (Fsp3) is 0.190. The molecule has 7 nitrogen and oxygen atoms in total. The van der Waals surface area contributed by atoms with Gasteiger partial charge in [0, 0.05) is 5.56 Å². The van der Waals surface area contributed by atoms with Gasteiger partial charge in [-0.05, 0) is 36.3 Å². The van der Waals surface area contributed by atoms with E-state index in [9.17, 15) is 9.59 Å². The number of methoxy groups -OCH3 is 2. The van der Waals surface area contributed by atoms with Crippen LogP contribution in [0.3, 0.4) is 0 Å². The third-order valence-corrected chi connectivity index (χ3v) is 3.71. The molecule has 146 valence electrons. The van der Waals surface area contributed by atoms with Crippen LogP contribution in [0, 0.1) is 0 Å². The molecule has 0 aliphatic heterocycles. The van der Waals surface area contributed by atoms with Gasteiger partial charge in [0.25, 0.3) is 11.8 Å². The maximum absolute atomic E-state index is 12.2. The van der Waals surface area contributed by atoms with E-state index in [1.54, 1.807) is 24.4 Å². The van der Waals surface area contributed by atoms with Crippen molar-refractivity contribution in [3.05, 3.63) is 65.2 Å². The fourth-order valence-electron chi connectivity index (χ4n) is 2.34. The molecule has 2 aromatic rings. The van der Waals surface area contributed by atoms with Gasteiger partial charge in [0.05, 0.1) is 27.0 Å². The highest BCUT2D eigenvalue weighted by molar-refractivity contribution is 5.97. The molecule has 0 spiro atoms. The Morgan fingerprint density at radius 1 is 1.04 bits per heavy atom. The van der Waals surface area contributed by atoms with Crippen molar-refractivity contribution in [2.24, 2.45) is 5.10 Å². The lowest BCUT2D eigenvalue weighted by Gasteiger charge is -2.09. The highest BCUT2D eigenvalue weighted by Crippen LogP contribution is 2.27. The molecular formula is C21H23N3O4. The van der Waals surface area contributed by atoms with Crippen molar-refractivity contribution in [3.63, 3.8) is 0 Å². The Labute approximate surface area is 164 Å². The van der Waals surface area contributed by atoms with E-state index in [2.05, 4.69) is 15.8 Å². The van der Waals surface area contributed by atoms with Crippen LogP contribution in [0.2, 0.25) is 0 Å². The van der Waals surface area contributed by atoms with Gasteiger partial charge in [-0.15, -0.1) is 0 Å². The van der Waals surface area contributed by atoms with Crippen LogP contribution in [0.5, 0.6) is 11.5 Å². The lowest BCUT2D eigenvalue weighted by Crippen LogP contribution is -2.34. The molecule has 28 heavy (non-hydrogen) atoms. The largest absolute Gasteiger partial charge is 0.493 e. The Morgan fingerprint density at radius 2 is 1.75 bits per heavy atom. The van der Waals surface area contributed by atoms with E-state index in [1.165, 1.54) is 14.2 Å². The molecule has 0 saturated carbocycles. The maximum Gasteiger partial charge on any atom is 0.259 e. The van der Waals surface area contributed by atoms with E-state index >= 15 is 0 Å². The summed E-state index contributed by atoms with van der Waals surface area (Å²) in [7, 11) is 3.00. The maximum atomic E-state index is 12.2. The number of ether oxygens (including phenoxy) is 2. The molecule has 0 aliphatic rings. The Kier molecular flexibility index (Phi) is 7.77. The topological polar surface area (TPSA) is 89.0 Å². The number of benzene rings is 2. The van der Waals surface area contributed by atoms with Gasteiger partial charge in [0.1, 0.15) is 0 Å². The van der Waals surface area contributed by atoms with Crippen LogP contribution in [0.4, 0.5) is 0 Å². The van der Waals surface area contributed by atoms with Crippen LogP contribution in [-0.2, 0) is 4.79 Å². The predicted octanol–water partition coefficient (Wildman–Crippen LogP) is 2.64. The molecule has 2 amide bonds. The molecule has 0 fully saturated rings. The third-order valence-electron chi connectivity index (χ3n) is 3.71. The minimum Gasteiger partial charge on any atom is -0.493 e. The molecule has 0 aliphatic carbocycles. The van der Waals surface area contributed by atoms with Gasteiger partial charge in [0.15, 0.2) is 11.5 Å². The number of nitrogens with zero attached hydrogens (tertiary/aromatic N) is 1. The number of hydrazone groups is 1. The molecule has 7 heteroatoms. The Morgan fingerprint density at radius 3 is 2.43 bits per heavy atom. The normalized spacial score (nSPS) is 11.2. The highest BCUT2D eigenvalue weighted by Gasteiger charge is 2.11. The van der Waals surface area contributed by atoms with Crippen molar-refractivity contribution < 1.29 is 19.1 Å². The molecule has 0 unspecified atom stereocenters. The second kappa shape index (κ2) is 10.5. The zero-order valence-corrected chi connectivity index (χ0v) is 16.1. The van der Waals surface area contributed by atoms with E-state index in [0.717, 1.165) is 11.1 Å². The summed E-state index contributed by atoms with van der Waals surface area (Å²) in [5, 5.41) is 6.42. The molecule has 2 N–H and O–H groups in total. The summed E-state index contributed by atoms with van der Waals surface area (Å²) in [6, 6.07) is 14.5. The molecular weight excluding hydrogens is 358 g/mol. The van der Waals surface area contributed by atoms with Crippen LogP contribution < -0.4 is 20.2 Å². The number of amides is 2. The quantitative estimate of drug-likeness (QED) is 0.543. The van der Waals surface area contributed by atoms with Gasteiger partial charge < -0.3 is 14.8 Å². The minimum atomic E-state index is -0.433. The van der Waals surface area contributed by atoms with Crippen LogP contribution in [0.1, 0.15) is 22.8 Å². The van der Waals surface area contributed by atoms with Crippen LogP contribution in [0.25, 0.3) is 6.08 Å². The first-order valence-electron chi connectivity index (χ1n) is 8.59. The van der Waals surface area contributed by atoms with Crippen molar-refractivity contribution in [2.45, 2.75) is 6.92 Å². The number of rotatable bonds is 8. The van der Waals surface area contributed by atoms with Crippen molar-refractivity contribution in [1.29, 1.82) is 0 Å². The van der Waals surface area contributed by atoms with E-state index < -0.39 is 11.8 Å². The molecule has 2 aromatic carbocycles. The summed E-state index contributed by atoms with van der Waals surface area (Å²) in [6.45, 7) is 1.67. The standard InChI is InChI=1S/C21H23N3O4/c1-15(11-16-7-5-4-6-8-16)13-23-24-20(25)14-22-21(26)17-9-10-18(27-2)19(12-17)28-3/h4-13H,14H2,1-3H3,(H,22,26)(H,24,25)/b15-11+,23-13-. The average Bonchev–Trinajstić information content (AvgIpc) is 2.72. The van der Waals surface area contributed by atoms with Gasteiger partial charge >= 0.3 is 0 Å². The van der Waals surface area contributed by atoms with E-state index in [4.69, 9.17) is 9.47 Å². The van der Waals surface area contributed by atoms with Gasteiger partial charge in [-0.3, -0.25) is 9.59 Å². The summed E-state index contributed by atoms with van der Waals surface area (Å²) in [6.07, 6.45) is 3.48. The van der Waals surface area contributed by atoms with E-state index in [1.807, 2.05) is 43.3 Å². The first kappa shape index (κ1) is 20.7. The van der Waals surface area contributed by atoms with Crippen molar-refractivity contribution in [2.75, 3.05) is 20.8 Å². The molecule has 0 radical (unpaired) electrons. The van der Waals surface area contributed by atoms with Crippen LogP contribution in [-0.4, -0.2) is 38.8 Å². The Hall–Kier alpha value is -3.61. The fourth-order valence-corrected chi connectivity index (χ4v) is 2.34. The summed E-state index contributed by atoms with van der Waals surface area (Å²) in [4.78, 5) is 24.0. The summed E-state index contributed by atoms with van der Waals surface area (Å²) < 4.78 is 10.3. The smallest absolute Gasteiger partial charge is 0.259 e. The Balaban J connectivity index is 1.83. The second-order valence-electron chi connectivity index (χ2n) is 5.84. The van der Waals surface area contributed by atoms with Crippen molar-refractivity contribution in [3.8, 4) is 11.5 Å². The first-order valence-corrected chi connectivity index (χ1v) is 8.59.